The van der Waals surface area contributed by atoms with Gasteiger partial charge >= 0.3 is 73.4 Å². The molecule has 2 heterocycles. The molecule has 8 heteroatoms. The van der Waals surface area contributed by atoms with Crippen LogP contribution in [0.3, 0.4) is 0 Å². The van der Waals surface area contributed by atoms with Crippen molar-refractivity contribution in [2.24, 2.45) is 0 Å². The Balaban J connectivity index is 0.000000204. The van der Waals surface area contributed by atoms with Crippen LogP contribution < -0.4 is 9.80 Å². The summed E-state index contributed by atoms with van der Waals surface area (Å²) in [5, 5.41) is 0. The molecule has 0 amide bonds. The minimum atomic E-state index is -1.61. The van der Waals surface area contributed by atoms with Crippen molar-refractivity contribution >= 4 is 67.2 Å². The summed E-state index contributed by atoms with van der Waals surface area (Å²) < 4.78 is 4.03. The zero-order valence-electron chi connectivity index (χ0n) is 27.6. The fourth-order valence-corrected chi connectivity index (χ4v) is 7.79. The minimum absolute atomic E-state index is 1.02. The van der Waals surface area contributed by atoms with Gasteiger partial charge in [-0.05, 0) is 91.9 Å². The third-order valence-corrected chi connectivity index (χ3v) is 9.83. The van der Waals surface area contributed by atoms with Crippen LogP contribution in [0.5, 0.6) is 0 Å². The number of hydrogen-bond acceptors (Lipinski definition) is 3. The molecule has 0 bridgehead atoms. The summed E-state index contributed by atoms with van der Waals surface area (Å²) in [5.74, 6) is 0. The van der Waals surface area contributed by atoms with Crippen molar-refractivity contribution in [2.75, 3.05) is 22.9 Å². The average Bonchev–Trinajstić information content (AvgIpc) is 3.47. The Morgan fingerprint density at radius 2 is 1.23 bits per heavy atom. The number of pyridine rings is 1. The van der Waals surface area contributed by atoms with Gasteiger partial charge in [0, 0.05) is 41.3 Å². The molecule has 47 heavy (non-hydrogen) atoms. The van der Waals surface area contributed by atoms with E-state index in [-0.39, 0.29) is 0 Å². The van der Waals surface area contributed by atoms with Crippen molar-refractivity contribution in [1.82, 2.24) is 4.98 Å². The maximum absolute atomic E-state index is 5.67. The Kier molecular flexibility index (Phi) is 16.8. The monoisotopic (exact) mass is 881 g/mol. The molecule has 1 aliphatic heterocycles. The second kappa shape index (κ2) is 20.2. The van der Waals surface area contributed by atoms with Gasteiger partial charge in [0.25, 0.3) is 0 Å². The van der Waals surface area contributed by atoms with E-state index in [2.05, 4.69) is 125 Å². The molecule has 1 fully saturated rings. The number of anilines is 2. The molecule has 0 unspecified atom stereocenters. The normalized spacial score (nSPS) is 12.1. The van der Waals surface area contributed by atoms with Gasteiger partial charge in [-0.3, -0.25) is 4.98 Å². The van der Waals surface area contributed by atoms with E-state index in [1.807, 2.05) is 71.3 Å². The van der Waals surface area contributed by atoms with Gasteiger partial charge in [-0.1, -0.05) is 39.9 Å². The molecule has 0 atom stereocenters. The molecule has 0 saturated carbocycles. The van der Waals surface area contributed by atoms with Gasteiger partial charge in [0.05, 0.1) is 0 Å². The first-order valence-electron chi connectivity index (χ1n) is 15.0. The van der Waals surface area contributed by atoms with E-state index in [0.717, 1.165) is 27.6 Å². The van der Waals surface area contributed by atoms with Gasteiger partial charge in [0.2, 0.25) is 0 Å². The standard InChI is InChI=1S/C21H27N2.C7H6.C6H4Br.C5H4BrN.2ClH.Ru/c1-14-9-16(3)20(17(4)10-14)22-7-8-23(13-22)21-18(5)11-15(2)12-19(21)6;1-7-5-3-2-4-6-7;7-6-4-2-1-3-5-6;6-5-2-1-3-7-4-5;;;/h9-13H,7-8H2,1-6H3;1-6H;1-2,4-5H;1-4H;2*1H;/q-1;;-1;;;;+2/p-2. The number of halogens is 4. The molecule has 0 aliphatic carbocycles. The van der Waals surface area contributed by atoms with Crippen LogP contribution in [0.4, 0.5) is 11.4 Å². The van der Waals surface area contributed by atoms with E-state index in [1.165, 1.54) is 44.8 Å². The van der Waals surface area contributed by atoms with Crippen LogP contribution in [0.1, 0.15) is 38.9 Å². The van der Waals surface area contributed by atoms with Crippen LogP contribution in [-0.4, -0.2) is 22.7 Å². The number of nitrogens with zero attached hydrogens (tertiary/aromatic N) is 3. The summed E-state index contributed by atoms with van der Waals surface area (Å²) in [6.45, 7) is 17.6. The summed E-state index contributed by atoms with van der Waals surface area (Å²) in [6, 6.07) is 33.4. The first-order chi connectivity index (χ1) is 22.4. The van der Waals surface area contributed by atoms with Crippen LogP contribution in [0.25, 0.3) is 0 Å². The van der Waals surface area contributed by atoms with Crippen LogP contribution in [-0.2, 0) is 13.5 Å². The van der Waals surface area contributed by atoms with Crippen molar-refractivity contribution < 1.29 is 13.5 Å². The molecule has 3 nitrogen and oxygen atoms in total. The average molecular weight is 884 g/mol. The predicted octanol–water partition coefficient (Wildman–Crippen LogP) is 11.8. The van der Waals surface area contributed by atoms with E-state index in [9.17, 15) is 0 Å². The molecule has 0 N–H and O–H groups in total. The zero-order valence-corrected chi connectivity index (χ0v) is 34.0. The Hall–Kier alpha value is -2.34. The molecule has 1 saturated heterocycles. The second-order valence-corrected chi connectivity index (χ2v) is 18.7. The van der Waals surface area contributed by atoms with Crippen molar-refractivity contribution in [3.05, 3.63) is 164 Å². The van der Waals surface area contributed by atoms with Crippen molar-refractivity contribution in [1.29, 1.82) is 0 Å². The number of rotatable bonds is 3. The van der Waals surface area contributed by atoms with E-state index in [4.69, 9.17) is 19.4 Å². The SMILES string of the molecule is Brc1c[c-]ccc1.Brc1cccnc1.Cc1cc(C)c(N2[CH-]N(c3c(C)cc(C)cc3C)CC2)c(C)c1.[Cl][Ru]([Cl])=[CH]c1ccccc1. The van der Waals surface area contributed by atoms with Gasteiger partial charge in [0.15, 0.2) is 0 Å². The summed E-state index contributed by atoms with van der Waals surface area (Å²) >= 11 is 4.91. The molecule has 250 valence electrons. The Bertz CT molecular complexity index is 1570. The number of aryl methyl sites for hydroxylation is 6. The van der Waals surface area contributed by atoms with E-state index >= 15 is 0 Å². The topological polar surface area (TPSA) is 19.4 Å². The first-order valence-corrected chi connectivity index (χ1v) is 22.1. The van der Waals surface area contributed by atoms with Gasteiger partial charge in [0.1, 0.15) is 0 Å². The molecule has 6 rings (SSSR count). The van der Waals surface area contributed by atoms with Crippen molar-refractivity contribution in [3.8, 4) is 0 Å². The van der Waals surface area contributed by atoms with Crippen LogP contribution >= 0.6 is 51.2 Å². The van der Waals surface area contributed by atoms with Gasteiger partial charge in [-0.25, -0.2) is 0 Å². The number of benzene rings is 4. The summed E-state index contributed by atoms with van der Waals surface area (Å²) in [4.78, 5) is 8.65. The Labute approximate surface area is 311 Å². The Morgan fingerprint density at radius 3 is 1.57 bits per heavy atom. The summed E-state index contributed by atoms with van der Waals surface area (Å²) in [7, 11) is 11.3. The Morgan fingerprint density at radius 1 is 0.723 bits per heavy atom. The van der Waals surface area contributed by atoms with Crippen molar-refractivity contribution in [3.63, 3.8) is 0 Å². The van der Waals surface area contributed by atoms with E-state index in [0.29, 0.717) is 0 Å². The summed E-state index contributed by atoms with van der Waals surface area (Å²) in [5.41, 5.74) is 12.0. The van der Waals surface area contributed by atoms with Crippen LogP contribution in [0, 0.1) is 54.3 Å². The van der Waals surface area contributed by atoms with Crippen LogP contribution in [0.15, 0.2) is 112 Å². The van der Waals surface area contributed by atoms with Crippen molar-refractivity contribution in [2.45, 2.75) is 41.5 Å². The molecule has 0 radical (unpaired) electrons. The van der Waals surface area contributed by atoms with Gasteiger partial charge in [-0.2, -0.15) is 37.0 Å². The summed E-state index contributed by atoms with van der Waals surface area (Å²) in [6.07, 6.45) is 3.49. The molecule has 1 aliphatic rings. The zero-order chi connectivity index (χ0) is 34.3. The molecule has 5 aromatic rings. The first kappa shape index (κ1) is 39.1. The molecule has 0 spiro atoms. The molecular weight excluding hydrogens is 842 g/mol. The third kappa shape index (κ3) is 13.6. The maximum atomic E-state index is 5.67. The van der Waals surface area contributed by atoms with Crippen LogP contribution in [0.2, 0.25) is 0 Å². The third-order valence-electron chi connectivity index (χ3n) is 6.99. The van der Waals surface area contributed by atoms with Gasteiger partial charge in [-0.15, -0.1) is 15.9 Å². The number of hydrogen-bond donors (Lipinski definition) is 0. The molecule has 1 aromatic heterocycles. The second-order valence-electron chi connectivity index (χ2n) is 11.1. The quantitative estimate of drug-likeness (QED) is 0.133. The number of aromatic nitrogens is 1. The fraction of sp³-hybridized carbons (Fsp3) is 0.205. The predicted molar refractivity (Wildman–Crippen MR) is 209 cm³/mol. The van der Waals surface area contributed by atoms with E-state index in [1.54, 1.807) is 12.4 Å². The molecular formula is C39H41Br2Cl2N3Ru-2. The molecule has 4 aromatic carbocycles. The van der Waals surface area contributed by atoms with Gasteiger partial charge < -0.3 is 9.80 Å². The van der Waals surface area contributed by atoms with E-state index < -0.39 is 13.5 Å². The fourth-order valence-electron chi connectivity index (χ4n) is 5.41.